The predicted molar refractivity (Wildman–Crippen MR) is 118 cm³/mol. The molecule has 1 heterocycles. The summed E-state index contributed by atoms with van der Waals surface area (Å²) in [7, 11) is 0. The maximum absolute atomic E-state index is 12.7. The molecule has 168 valence electrons. The second kappa shape index (κ2) is 13.2. The molecular formula is C22H31N5O4. The minimum atomic E-state index is -0.250. The first-order valence-corrected chi connectivity index (χ1v) is 10.4. The lowest BCUT2D eigenvalue weighted by Crippen LogP contribution is -2.45. The average Bonchev–Trinajstić information content (AvgIpc) is 2.78. The number of nitrogens with zero attached hydrogens (tertiary/aromatic N) is 2. The number of hydrogen-bond acceptors (Lipinski definition) is 7. The molecule has 31 heavy (non-hydrogen) atoms. The molecular weight excluding hydrogens is 398 g/mol. The van der Waals surface area contributed by atoms with Crippen LogP contribution < -0.4 is 16.4 Å². The van der Waals surface area contributed by atoms with E-state index in [1.54, 1.807) is 12.3 Å². The molecule has 5 N–H and O–H groups in total. The molecule has 1 amide bonds. The minimum Gasteiger partial charge on any atom is -0.483 e. The standard InChI is InChI=1S/C21H29N5O2.CH2O2/c1-2-12-28-18-9-8-16(20(27)24-14-15-6-4-3-5-7-15)13-17(18)25-21-23-11-10-19(22)26-21;2-1-3/h3-7,10-11,16-18H,2,8-9,12-14H2,1H3,(H,24,27)(H3,22,23,25,26);1H,(H,2,3)/t16-,17+,18+;/m0./s1. The lowest BCUT2D eigenvalue weighted by atomic mass is 9.83. The van der Waals surface area contributed by atoms with Gasteiger partial charge < -0.3 is 26.2 Å². The normalized spacial score (nSPS) is 20.1. The summed E-state index contributed by atoms with van der Waals surface area (Å²) in [6.45, 7) is 3.08. The number of ether oxygens (including phenoxy) is 1. The number of rotatable bonds is 8. The largest absolute Gasteiger partial charge is 0.483 e. The second-order valence-electron chi connectivity index (χ2n) is 7.28. The maximum Gasteiger partial charge on any atom is 0.290 e. The Bertz CT molecular complexity index is 805. The molecule has 0 aliphatic heterocycles. The number of hydrogen-bond donors (Lipinski definition) is 4. The molecule has 0 radical (unpaired) electrons. The van der Waals surface area contributed by atoms with Crippen LogP contribution in [-0.4, -0.2) is 46.2 Å². The van der Waals surface area contributed by atoms with Gasteiger partial charge in [-0.1, -0.05) is 37.3 Å². The molecule has 1 aliphatic carbocycles. The van der Waals surface area contributed by atoms with E-state index in [0.29, 0.717) is 31.3 Å². The Balaban J connectivity index is 0.00000107. The summed E-state index contributed by atoms with van der Waals surface area (Å²) in [6, 6.07) is 11.6. The number of amides is 1. The van der Waals surface area contributed by atoms with E-state index in [4.69, 9.17) is 20.4 Å². The Morgan fingerprint density at radius 2 is 2.03 bits per heavy atom. The molecule has 1 aliphatic rings. The zero-order valence-corrected chi connectivity index (χ0v) is 17.7. The Kier molecular flexibility index (Phi) is 10.2. The van der Waals surface area contributed by atoms with E-state index in [-0.39, 0.29) is 30.4 Å². The number of nitrogen functional groups attached to an aromatic ring is 1. The first-order chi connectivity index (χ1) is 15.1. The van der Waals surface area contributed by atoms with E-state index in [9.17, 15) is 4.79 Å². The second-order valence-corrected chi connectivity index (χ2v) is 7.28. The monoisotopic (exact) mass is 429 g/mol. The van der Waals surface area contributed by atoms with Gasteiger partial charge >= 0.3 is 0 Å². The Morgan fingerprint density at radius 3 is 2.71 bits per heavy atom. The summed E-state index contributed by atoms with van der Waals surface area (Å²) >= 11 is 0. The van der Waals surface area contributed by atoms with E-state index < -0.39 is 0 Å². The molecule has 3 atom stereocenters. The molecule has 0 spiro atoms. The van der Waals surface area contributed by atoms with Gasteiger partial charge in [-0.2, -0.15) is 4.98 Å². The summed E-state index contributed by atoms with van der Waals surface area (Å²) in [6.07, 6.45) is 4.92. The topological polar surface area (TPSA) is 139 Å². The van der Waals surface area contributed by atoms with Crippen molar-refractivity contribution in [2.24, 2.45) is 5.92 Å². The van der Waals surface area contributed by atoms with E-state index in [1.807, 2.05) is 30.3 Å². The van der Waals surface area contributed by atoms with Crippen LogP contribution in [0.15, 0.2) is 42.6 Å². The van der Waals surface area contributed by atoms with Gasteiger partial charge in [-0.05, 0) is 37.3 Å². The van der Waals surface area contributed by atoms with Crippen molar-refractivity contribution in [2.75, 3.05) is 17.7 Å². The lowest BCUT2D eigenvalue weighted by Gasteiger charge is -2.36. The summed E-state index contributed by atoms with van der Waals surface area (Å²) in [5.41, 5.74) is 6.86. The van der Waals surface area contributed by atoms with Crippen LogP contribution in [0.25, 0.3) is 0 Å². The van der Waals surface area contributed by atoms with Crippen LogP contribution in [0.4, 0.5) is 11.8 Å². The van der Waals surface area contributed by atoms with E-state index in [1.165, 1.54) is 0 Å². The number of carboxylic acid groups (broad SMARTS) is 1. The van der Waals surface area contributed by atoms with Crippen molar-refractivity contribution in [1.29, 1.82) is 0 Å². The molecule has 1 aromatic heterocycles. The average molecular weight is 430 g/mol. The van der Waals surface area contributed by atoms with Gasteiger partial charge in [-0.25, -0.2) is 4.98 Å². The van der Waals surface area contributed by atoms with Crippen LogP contribution in [0.3, 0.4) is 0 Å². The molecule has 9 heteroatoms. The first-order valence-electron chi connectivity index (χ1n) is 10.4. The fourth-order valence-electron chi connectivity index (χ4n) is 3.54. The van der Waals surface area contributed by atoms with Gasteiger partial charge in [0.05, 0.1) is 12.1 Å². The van der Waals surface area contributed by atoms with Crippen molar-refractivity contribution in [1.82, 2.24) is 15.3 Å². The Labute approximate surface area is 182 Å². The van der Waals surface area contributed by atoms with E-state index in [2.05, 4.69) is 27.5 Å². The number of nitrogens with one attached hydrogen (secondary N) is 2. The number of carbonyl (C=O) groups excluding carboxylic acids is 1. The van der Waals surface area contributed by atoms with Crippen molar-refractivity contribution in [2.45, 2.75) is 51.3 Å². The van der Waals surface area contributed by atoms with Gasteiger partial charge in [0.15, 0.2) is 0 Å². The van der Waals surface area contributed by atoms with Crippen LogP contribution >= 0.6 is 0 Å². The van der Waals surface area contributed by atoms with Crippen molar-refractivity contribution in [3.63, 3.8) is 0 Å². The van der Waals surface area contributed by atoms with E-state index in [0.717, 1.165) is 24.8 Å². The number of nitrogens with two attached hydrogens (primary N) is 1. The van der Waals surface area contributed by atoms with Crippen molar-refractivity contribution >= 4 is 24.1 Å². The summed E-state index contributed by atoms with van der Waals surface area (Å²) in [5, 5.41) is 13.3. The molecule has 1 saturated carbocycles. The fourth-order valence-corrected chi connectivity index (χ4v) is 3.54. The number of anilines is 2. The van der Waals surface area contributed by atoms with Gasteiger partial charge in [0.2, 0.25) is 11.9 Å². The van der Waals surface area contributed by atoms with E-state index >= 15 is 0 Å². The van der Waals surface area contributed by atoms with Crippen molar-refractivity contribution < 1.29 is 19.4 Å². The molecule has 1 fully saturated rings. The third kappa shape index (κ3) is 8.21. The summed E-state index contributed by atoms with van der Waals surface area (Å²) in [5.74, 6) is 0.902. The lowest BCUT2D eigenvalue weighted by molar-refractivity contribution is -0.127. The Morgan fingerprint density at radius 1 is 1.29 bits per heavy atom. The zero-order chi connectivity index (χ0) is 22.5. The molecule has 0 bridgehead atoms. The van der Waals surface area contributed by atoms with Gasteiger partial charge in [0.25, 0.3) is 6.47 Å². The molecule has 1 aromatic carbocycles. The van der Waals surface area contributed by atoms with Gasteiger partial charge in [0.1, 0.15) is 5.82 Å². The number of aromatic nitrogens is 2. The number of benzene rings is 1. The molecule has 3 rings (SSSR count). The van der Waals surface area contributed by atoms with Gasteiger partial charge in [0, 0.05) is 25.3 Å². The van der Waals surface area contributed by atoms with Crippen LogP contribution in [0, 0.1) is 5.92 Å². The zero-order valence-electron chi connectivity index (χ0n) is 17.7. The van der Waals surface area contributed by atoms with Crippen LogP contribution in [0.2, 0.25) is 0 Å². The van der Waals surface area contributed by atoms with Crippen LogP contribution in [0.5, 0.6) is 0 Å². The third-order valence-corrected chi connectivity index (χ3v) is 4.99. The highest BCUT2D eigenvalue weighted by atomic mass is 16.5. The smallest absolute Gasteiger partial charge is 0.290 e. The predicted octanol–water partition coefficient (Wildman–Crippen LogP) is 2.45. The van der Waals surface area contributed by atoms with Crippen molar-refractivity contribution in [3.8, 4) is 0 Å². The van der Waals surface area contributed by atoms with Crippen LogP contribution in [-0.2, 0) is 20.9 Å². The Hall–Kier alpha value is -3.20. The fraction of sp³-hybridized carbons (Fsp3) is 0.455. The number of carbonyl (C=O) groups is 2. The van der Waals surface area contributed by atoms with Gasteiger partial charge in [-0.15, -0.1) is 0 Å². The van der Waals surface area contributed by atoms with Crippen LogP contribution in [0.1, 0.15) is 38.2 Å². The quantitative estimate of drug-likeness (QED) is 0.469. The molecule has 2 aromatic rings. The summed E-state index contributed by atoms with van der Waals surface area (Å²) < 4.78 is 6.02. The van der Waals surface area contributed by atoms with Crippen molar-refractivity contribution in [3.05, 3.63) is 48.2 Å². The molecule has 0 saturated heterocycles. The highest BCUT2D eigenvalue weighted by molar-refractivity contribution is 5.78. The maximum atomic E-state index is 12.7. The highest BCUT2D eigenvalue weighted by Gasteiger charge is 2.34. The highest BCUT2D eigenvalue weighted by Crippen LogP contribution is 2.29. The first kappa shape index (κ1) is 24.1. The summed E-state index contributed by atoms with van der Waals surface area (Å²) in [4.78, 5) is 29.5. The minimum absolute atomic E-state index is 0.0307. The molecule has 9 nitrogen and oxygen atoms in total. The van der Waals surface area contributed by atoms with Gasteiger partial charge in [-0.3, -0.25) is 9.59 Å². The molecule has 0 unspecified atom stereocenters. The third-order valence-electron chi connectivity index (χ3n) is 4.99. The SMILES string of the molecule is CCCO[C@@H]1CC[C@H](C(=O)NCc2ccccc2)C[C@H]1Nc1nccc(N)n1.O=CO.